The van der Waals surface area contributed by atoms with Gasteiger partial charge in [-0.1, -0.05) is 18.2 Å². The van der Waals surface area contributed by atoms with Gasteiger partial charge >= 0.3 is 0 Å². The van der Waals surface area contributed by atoms with E-state index in [2.05, 4.69) is 9.97 Å². The van der Waals surface area contributed by atoms with Crippen molar-refractivity contribution in [2.45, 2.75) is 0 Å². The molecule has 0 spiro atoms. The summed E-state index contributed by atoms with van der Waals surface area (Å²) in [6, 6.07) is 14.6. The van der Waals surface area contributed by atoms with Crippen LogP contribution in [0.15, 0.2) is 54.9 Å². The van der Waals surface area contributed by atoms with E-state index in [4.69, 9.17) is 0 Å². The fourth-order valence-corrected chi connectivity index (χ4v) is 2.57. The summed E-state index contributed by atoms with van der Waals surface area (Å²) in [6.45, 7) is 0. The Morgan fingerprint density at radius 1 is 1.00 bits per heavy atom. The lowest BCUT2D eigenvalue weighted by Gasteiger charge is -2.05. The molecule has 0 bridgehead atoms. The smallest absolute Gasteiger partial charge is 0.134 e. The highest BCUT2D eigenvalue weighted by molar-refractivity contribution is 5.85. The van der Waals surface area contributed by atoms with Gasteiger partial charge in [0.1, 0.15) is 5.82 Å². The van der Waals surface area contributed by atoms with Crippen LogP contribution in [0.25, 0.3) is 33.2 Å². The Bertz CT molecular complexity index is 972. The van der Waals surface area contributed by atoms with E-state index in [1.54, 1.807) is 12.4 Å². The van der Waals surface area contributed by atoms with Crippen LogP contribution in [0.3, 0.4) is 0 Å². The van der Waals surface area contributed by atoms with Gasteiger partial charge in [0.25, 0.3) is 0 Å². The summed E-state index contributed by atoms with van der Waals surface area (Å²) in [4.78, 5) is 8.85. The molecule has 102 valence electrons. The van der Waals surface area contributed by atoms with Crippen molar-refractivity contribution in [3.8, 4) is 11.3 Å². The maximum Gasteiger partial charge on any atom is 0.134 e. The SMILES string of the molecule is Cn1cnc2ccc(-c3cc(F)c4ccccc4n3)cc21. The number of para-hydroxylation sites is 1. The zero-order valence-electron chi connectivity index (χ0n) is 11.4. The maximum atomic E-state index is 14.2. The van der Waals surface area contributed by atoms with Crippen molar-refractivity contribution in [2.75, 3.05) is 0 Å². The minimum absolute atomic E-state index is 0.249. The number of aromatic nitrogens is 3. The van der Waals surface area contributed by atoms with Crippen LogP contribution in [-0.2, 0) is 7.05 Å². The molecule has 2 heterocycles. The number of rotatable bonds is 1. The molecule has 0 aliphatic carbocycles. The first-order valence-corrected chi connectivity index (χ1v) is 6.69. The number of aryl methyl sites for hydroxylation is 1. The predicted octanol–water partition coefficient (Wildman–Crippen LogP) is 3.93. The quantitative estimate of drug-likeness (QED) is 0.528. The van der Waals surface area contributed by atoms with Gasteiger partial charge < -0.3 is 4.57 Å². The van der Waals surface area contributed by atoms with Crippen molar-refractivity contribution in [3.63, 3.8) is 0 Å². The van der Waals surface area contributed by atoms with Gasteiger partial charge in [0.05, 0.1) is 28.6 Å². The van der Waals surface area contributed by atoms with Crippen LogP contribution >= 0.6 is 0 Å². The van der Waals surface area contributed by atoms with E-state index >= 15 is 0 Å². The highest BCUT2D eigenvalue weighted by Crippen LogP contribution is 2.26. The molecule has 4 rings (SSSR count). The summed E-state index contributed by atoms with van der Waals surface area (Å²) in [6.07, 6.45) is 1.77. The van der Waals surface area contributed by atoms with E-state index in [0.717, 1.165) is 16.6 Å². The monoisotopic (exact) mass is 277 g/mol. The lowest BCUT2D eigenvalue weighted by atomic mass is 10.1. The Balaban J connectivity index is 1.97. The molecular formula is C17H12FN3. The van der Waals surface area contributed by atoms with Crippen molar-refractivity contribution >= 4 is 21.9 Å². The first-order chi connectivity index (χ1) is 10.2. The zero-order valence-corrected chi connectivity index (χ0v) is 11.4. The largest absolute Gasteiger partial charge is 0.334 e. The van der Waals surface area contributed by atoms with Crippen molar-refractivity contribution in [3.05, 3.63) is 60.7 Å². The van der Waals surface area contributed by atoms with Gasteiger partial charge in [-0.2, -0.15) is 0 Å². The zero-order chi connectivity index (χ0) is 14.4. The fraction of sp³-hybridized carbons (Fsp3) is 0.0588. The topological polar surface area (TPSA) is 30.7 Å². The number of hydrogen-bond donors (Lipinski definition) is 0. The van der Waals surface area contributed by atoms with E-state index in [-0.39, 0.29) is 5.82 Å². The standard InChI is InChI=1S/C17H12FN3/c1-21-10-19-15-7-6-11(8-17(15)21)16-9-13(18)12-4-2-3-5-14(12)20-16/h2-10H,1H3. The maximum absolute atomic E-state index is 14.2. The number of halogens is 1. The third-order valence-electron chi connectivity index (χ3n) is 3.69. The van der Waals surface area contributed by atoms with E-state index in [1.807, 2.05) is 48.0 Å². The summed E-state index contributed by atoms with van der Waals surface area (Å²) < 4.78 is 16.1. The molecule has 0 saturated heterocycles. The summed E-state index contributed by atoms with van der Waals surface area (Å²) >= 11 is 0. The molecule has 0 radical (unpaired) electrons. The van der Waals surface area contributed by atoms with Gasteiger partial charge in [-0.3, -0.25) is 0 Å². The van der Waals surface area contributed by atoms with E-state index in [0.29, 0.717) is 16.6 Å². The van der Waals surface area contributed by atoms with Crippen LogP contribution in [0, 0.1) is 5.82 Å². The Labute approximate surface area is 120 Å². The molecule has 0 aliphatic rings. The van der Waals surface area contributed by atoms with Gasteiger partial charge in [-0.25, -0.2) is 14.4 Å². The van der Waals surface area contributed by atoms with Gasteiger partial charge in [0, 0.05) is 24.1 Å². The van der Waals surface area contributed by atoms with Crippen molar-refractivity contribution < 1.29 is 4.39 Å². The van der Waals surface area contributed by atoms with E-state index in [1.165, 1.54) is 6.07 Å². The molecule has 3 nitrogen and oxygen atoms in total. The second-order valence-electron chi connectivity index (χ2n) is 5.07. The van der Waals surface area contributed by atoms with Crippen LogP contribution in [-0.4, -0.2) is 14.5 Å². The Morgan fingerprint density at radius 2 is 1.86 bits per heavy atom. The second kappa shape index (κ2) is 4.38. The van der Waals surface area contributed by atoms with Gasteiger partial charge in [0.15, 0.2) is 0 Å². The number of imidazole rings is 1. The molecule has 4 heteroatoms. The number of pyridine rings is 1. The average Bonchev–Trinajstić information content (AvgIpc) is 2.88. The Hall–Kier alpha value is -2.75. The highest BCUT2D eigenvalue weighted by Gasteiger charge is 2.08. The molecule has 2 aromatic carbocycles. The van der Waals surface area contributed by atoms with Crippen LogP contribution < -0.4 is 0 Å². The van der Waals surface area contributed by atoms with Crippen molar-refractivity contribution in [1.82, 2.24) is 14.5 Å². The molecule has 0 atom stereocenters. The normalized spacial score (nSPS) is 11.3. The van der Waals surface area contributed by atoms with Crippen LogP contribution in [0.4, 0.5) is 4.39 Å². The predicted molar refractivity (Wildman–Crippen MR) is 81.4 cm³/mol. The van der Waals surface area contributed by atoms with Crippen LogP contribution in [0.5, 0.6) is 0 Å². The summed E-state index contributed by atoms with van der Waals surface area (Å²) in [5.74, 6) is -0.249. The van der Waals surface area contributed by atoms with Crippen LogP contribution in [0.1, 0.15) is 0 Å². The van der Waals surface area contributed by atoms with E-state index in [9.17, 15) is 4.39 Å². The third kappa shape index (κ3) is 1.88. The lowest BCUT2D eigenvalue weighted by molar-refractivity contribution is 0.639. The molecule has 0 fully saturated rings. The Morgan fingerprint density at radius 3 is 2.76 bits per heavy atom. The van der Waals surface area contributed by atoms with Crippen molar-refractivity contribution in [2.24, 2.45) is 7.05 Å². The summed E-state index contributed by atoms with van der Waals surface area (Å²) in [7, 11) is 1.94. The minimum atomic E-state index is -0.249. The summed E-state index contributed by atoms with van der Waals surface area (Å²) in [5.41, 5.74) is 4.10. The Kier molecular flexibility index (Phi) is 2.51. The summed E-state index contributed by atoms with van der Waals surface area (Å²) in [5, 5.41) is 0.544. The first kappa shape index (κ1) is 12.0. The molecule has 0 aliphatic heterocycles. The highest BCUT2D eigenvalue weighted by atomic mass is 19.1. The number of hydrogen-bond acceptors (Lipinski definition) is 2. The molecular weight excluding hydrogens is 265 g/mol. The van der Waals surface area contributed by atoms with E-state index < -0.39 is 0 Å². The molecule has 0 saturated carbocycles. The van der Waals surface area contributed by atoms with Gasteiger partial charge in [-0.05, 0) is 24.3 Å². The molecule has 4 aromatic rings. The molecule has 21 heavy (non-hydrogen) atoms. The number of benzene rings is 2. The molecule has 0 amide bonds. The molecule has 2 aromatic heterocycles. The van der Waals surface area contributed by atoms with Gasteiger partial charge in [0.2, 0.25) is 0 Å². The average molecular weight is 277 g/mol. The third-order valence-corrected chi connectivity index (χ3v) is 3.69. The second-order valence-corrected chi connectivity index (χ2v) is 5.07. The van der Waals surface area contributed by atoms with Crippen molar-refractivity contribution in [1.29, 1.82) is 0 Å². The number of fused-ring (bicyclic) bond motifs is 2. The minimum Gasteiger partial charge on any atom is -0.334 e. The lowest BCUT2D eigenvalue weighted by Crippen LogP contribution is -1.90. The molecule has 0 unspecified atom stereocenters. The number of nitrogens with zero attached hydrogens (tertiary/aromatic N) is 3. The van der Waals surface area contributed by atoms with Gasteiger partial charge in [-0.15, -0.1) is 0 Å². The fourth-order valence-electron chi connectivity index (χ4n) is 2.57. The van der Waals surface area contributed by atoms with Crippen LogP contribution in [0.2, 0.25) is 0 Å². The first-order valence-electron chi connectivity index (χ1n) is 6.69. The molecule has 0 N–H and O–H groups in total.